The van der Waals surface area contributed by atoms with Crippen LogP contribution in [0, 0.1) is 0 Å². The second-order valence-corrected chi connectivity index (χ2v) is 7.96. The van der Waals surface area contributed by atoms with Crippen LogP contribution in [0.1, 0.15) is 30.9 Å². The first-order valence-corrected chi connectivity index (χ1v) is 11.3. The first kappa shape index (κ1) is 22.9. The fourth-order valence-electron chi connectivity index (χ4n) is 3.05. The maximum absolute atomic E-state index is 11.7. The number of amides is 1. The number of nitrogens with one attached hydrogen (secondary N) is 3. The Hall–Kier alpha value is -2.73. The molecule has 0 aromatic heterocycles. The van der Waals surface area contributed by atoms with Crippen molar-refractivity contribution in [3.8, 4) is 5.75 Å². The van der Waals surface area contributed by atoms with E-state index in [2.05, 4.69) is 27.9 Å². The van der Waals surface area contributed by atoms with E-state index < -0.39 is 0 Å². The zero-order chi connectivity index (χ0) is 21.9. The highest BCUT2D eigenvalue weighted by Gasteiger charge is 2.23. The molecule has 0 aliphatic heterocycles. The van der Waals surface area contributed by atoms with E-state index in [1.54, 1.807) is 0 Å². The highest BCUT2D eigenvalue weighted by molar-refractivity contribution is 6.31. The van der Waals surface area contributed by atoms with E-state index in [1.807, 2.05) is 48.5 Å². The summed E-state index contributed by atoms with van der Waals surface area (Å²) in [5.74, 6) is 1.45. The van der Waals surface area contributed by atoms with Gasteiger partial charge in [0.1, 0.15) is 5.75 Å². The Bertz CT molecular complexity index is 866. The molecule has 0 bridgehead atoms. The molecule has 1 saturated carbocycles. The smallest absolute Gasteiger partial charge is 0.258 e. The van der Waals surface area contributed by atoms with Crippen LogP contribution in [0.4, 0.5) is 0 Å². The van der Waals surface area contributed by atoms with Crippen LogP contribution < -0.4 is 20.7 Å². The summed E-state index contributed by atoms with van der Waals surface area (Å²) in [6.07, 6.45) is 3.82. The van der Waals surface area contributed by atoms with Crippen molar-refractivity contribution < 1.29 is 9.53 Å². The number of guanidine groups is 1. The van der Waals surface area contributed by atoms with Crippen molar-refractivity contribution in [2.75, 3.05) is 26.2 Å². The molecule has 1 fully saturated rings. The molecule has 0 radical (unpaired) electrons. The summed E-state index contributed by atoms with van der Waals surface area (Å²) in [4.78, 5) is 16.3. The van der Waals surface area contributed by atoms with Crippen molar-refractivity contribution in [1.29, 1.82) is 0 Å². The van der Waals surface area contributed by atoms with Crippen LogP contribution in [0.15, 0.2) is 53.5 Å². The Morgan fingerprint density at radius 3 is 2.58 bits per heavy atom. The van der Waals surface area contributed by atoms with Gasteiger partial charge in [-0.15, -0.1) is 0 Å². The van der Waals surface area contributed by atoms with Gasteiger partial charge in [0.05, 0.1) is 0 Å². The zero-order valence-electron chi connectivity index (χ0n) is 18.0. The van der Waals surface area contributed by atoms with Crippen molar-refractivity contribution >= 4 is 23.5 Å². The van der Waals surface area contributed by atoms with Gasteiger partial charge in [0.25, 0.3) is 5.91 Å². The van der Waals surface area contributed by atoms with Gasteiger partial charge in [0.15, 0.2) is 12.6 Å². The summed E-state index contributed by atoms with van der Waals surface area (Å²) in [7, 11) is 0. The van der Waals surface area contributed by atoms with E-state index >= 15 is 0 Å². The van der Waals surface area contributed by atoms with Gasteiger partial charge in [-0.3, -0.25) is 9.79 Å². The highest BCUT2D eigenvalue weighted by Crippen LogP contribution is 2.18. The van der Waals surface area contributed by atoms with Gasteiger partial charge in [-0.25, -0.2) is 0 Å². The maximum Gasteiger partial charge on any atom is 0.258 e. The molecule has 7 heteroatoms. The quantitative estimate of drug-likeness (QED) is 0.368. The molecule has 166 valence electrons. The number of halogens is 1. The Morgan fingerprint density at radius 2 is 1.87 bits per heavy atom. The summed E-state index contributed by atoms with van der Waals surface area (Å²) >= 11 is 6.21. The Kier molecular flexibility index (Phi) is 9.03. The Morgan fingerprint density at radius 1 is 1.10 bits per heavy atom. The number of hydrogen-bond donors (Lipinski definition) is 3. The van der Waals surface area contributed by atoms with E-state index in [1.165, 1.54) is 5.56 Å². The third kappa shape index (κ3) is 8.50. The Labute approximate surface area is 189 Å². The number of ether oxygens (including phenoxy) is 1. The molecule has 1 aliphatic rings. The molecule has 0 spiro atoms. The number of nitrogens with zero attached hydrogens (tertiary/aromatic N) is 1. The minimum atomic E-state index is -0.0550. The number of carbonyl (C=O) groups is 1. The average Bonchev–Trinajstić information content (AvgIpc) is 3.58. The molecule has 2 aromatic carbocycles. The van der Waals surface area contributed by atoms with Gasteiger partial charge >= 0.3 is 0 Å². The van der Waals surface area contributed by atoms with Crippen molar-refractivity contribution in [3.05, 3.63) is 64.7 Å². The van der Waals surface area contributed by atoms with E-state index in [4.69, 9.17) is 16.3 Å². The van der Waals surface area contributed by atoms with Gasteiger partial charge < -0.3 is 20.7 Å². The van der Waals surface area contributed by atoms with E-state index in [-0.39, 0.29) is 12.5 Å². The fraction of sp³-hybridized carbons (Fsp3) is 0.417. The Balaban J connectivity index is 1.39. The predicted molar refractivity (Wildman–Crippen MR) is 126 cm³/mol. The number of benzene rings is 2. The van der Waals surface area contributed by atoms with E-state index in [9.17, 15) is 4.79 Å². The molecule has 0 heterocycles. The third-order valence-corrected chi connectivity index (χ3v) is 5.26. The lowest BCUT2D eigenvalue weighted by Gasteiger charge is -2.12. The number of rotatable bonds is 11. The normalized spacial score (nSPS) is 13.5. The highest BCUT2D eigenvalue weighted by atomic mass is 35.5. The summed E-state index contributed by atoms with van der Waals surface area (Å²) in [5, 5.41) is 10.3. The van der Waals surface area contributed by atoms with Crippen LogP contribution in [0.3, 0.4) is 0 Å². The molecule has 0 atom stereocenters. The van der Waals surface area contributed by atoms with Gasteiger partial charge in [-0.05, 0) is 61.9 Å². The summed E-state index contributed by atoms with van der Waals surface area (Å²) in [5.41, 5.74) is 2.30. The molecular formula is C24H31ClN4O2. The minimum absolute atomic E-state index is 0.0550. The molecule has 0 saturated heterocycles. The van der Waals surface area contributed by atoms with Crippen LogP contribution in [0.2, 0.25) is 5.02 Å². The van der Waals surface area contributed by atoms with Crippen molar-refractivity contribution in [1.82, 2.24) is 16.0 Å². The molecule has 3 rings (SSSR count). The molecule has 6 nitrogen and oxygen atoms in total. The van der Waals surface area contributed by atoms with Crippen molar-refractivity contribution in [2.24, 2.45) is 4.99 Å². The van der Waals surface area contributed by atoms with Gasteiger partial charge in [-0.2, -0.15) is 0 Å². The van der Waals surface area contributed by atoms with Crippen LogP contribution in [-0.2, 0) is 17.6 Å². The topological polar surface area (TPSA) is 74.8 Å². The van der Waals surface area contributed by atoms with Crippen LogP contribution in [-0.4, -0.2) is 44.1 Å². The lowest BCUT2D eigenvalue weighted by atomic mass is 10.1. The summed E-state index contributed by atoms with van der Waals surface area (Å²) in [6.45, 7) is 4.35. The molecule has 0 unspecified atom stereocenters. The minimum Gasteiger partial charge on any atom is -0.484 e. The SMILES string of the molecule is CCNC(=NCCc1ccccc1Cl)NCCc1ccc(OCC(=O)NC2CC2)cc1. The lowest BCUT2D eigenvalue weighted by Crippen LogP contribution is -2.38. The predicted octanol–water partition coefficient (Wildman–Crippen LogP) is 3.34. The van der Waals surface area contributed by atoms with Crippen molar-refractivity contribution in [3.63, 3.8) is 0 Å². The fourth-order valence-corrected chi connectivity index (χ4v) is 3.28. The summed E-state index contributed by atoms with van der Waals surface area (Å²) in [6, 6.07) is 16.1. The number of hydrogen-bond acceptors (Lipinski definition) is 3. The first-order valence-electron chi connectivity index (χ1n) is 10.9. The maximum atomic E-state index is 11.7. The van der Waals surface area contributed by atoms with Crippen LogP contribution in [0.25, 0.3) is 0 Å². The third-order valence-electron chi connectivity index (χ3n) is 4.89. The number of aliphatic imine (C=N–C) groups is 1. The average molecular weight is 443 g/mol. The van der Waals surface area contributed by atoms with Crippen LogP contribution in [0.5, 0.6) is 5.75 Å². The standard InChI is InChI=1S/C24H31ClN4O2/c1-2-26-24(28-16-14-19-5-3-4-6-22(19)25)27-15-13-18-7-11-21(12-8-18)31-17-23(30)29-20-9-10-20/h3-8,11-12,20H,2,9-10,13-17H2,1H3,(H,29,30)(H2,26,27,28). The van der Waals surface area contributed by atoms with E-state index in [0.29, 0.717) is 18.3 Å². The van der Waals surface area contributed by atoms with E-state index in [0.717, 1.165) is 55.3 Å². The molecule has 31 heavy (non-hydrogen) atoms. The molecule has 1 aliphatic carbocycles. The molecule has 3 N–H and O–H groups in total. The second-order valence-electron chi connectivity index (χ2n) is 7.55. The monoisotopic (exact) mass is 442 g/mol. The lowest BCUT2D eigenvalue weighted by molar-refractivity contribution is -0.123. The van der Waals surface area contributed by atoms with Gasteiger partial charge in [0.2, 0.25) is 0 Å². The van der Waals surface area contributed by atoms with Gasteiger partial charge in [-0.1, -0.05) is 41.9 Å². The second kappa shape index (κ2) is 12.2. The zero-order valence-corrected chi connectivity index (χ0v) is 18.8. The molecule has 2 aromatic rings. The van der Waals surface area contributed by atoms with Crippen molar-refractivity contribution in [2.45, 2.75) is 38.6 Å². The first-order chi connectivity index (χ1) is 15.1. The summed E-state index contributed by atoms with van der Waals surface area (Å²) < 4.78 is 5.55. The van der Waals surface area contributed by atoms with Crippen LogP contribution >= 0.6 is 11.6 Å². The van der Waals surface area contributed by atoms with Gasteiger partial charge in [0, 0.05) is 30.7 Å². The molecule has 1 amide bonds. The molecular weight excluding hydrogens is 412 g/mol. The largest absolute Gasteiger partial charge is 0.484 e. The number of carbonyl (C=O) groups excluding carboxylic acids is 1.